The molecule has 2 rings (SSSR count). The van der Waals surface area contributed by atoms with E-state index in [1.54, 1.807) is 30.3 Å². The van der Waals surface area contributed by atoms with Gasteiger partial charge >= 0.3 is 0 Å². The third-order valence-corrected chi connectivity index (χ3v) is 3.00. The van der Waals surface area contributed by atoms with E-state index in [9.17, 15) is 9.50 Å². The summed E-state index contributed by atoms with van der Waals surface area (Å²) in [5.74, 6) is 0.275. The maximum Gasteiger partial charge on any atom is 0.129 e. The molecule has 0 heterocycles. The van der Waals surface area contributed by atoms with E-state index < -0.39 is 11.9 Å². The van der Waals surface area contributed by atoms with Gasteiger partial charge in [-0.25, -0.2) is 4.39 Å². The number of benzene rings is 2. The minimum Gasteiger partial charge on any atom is -0.491 e. The highest BCUT2D eigenvalue weighted by atomic mass is 19.1. The number of halogens is 1. The Morgan fingerprint density at radius 1 is 1.10 bits per heavy atom. The molecular formula is C17H19FO2. The first-order valence-electron chi connectivity index (χ1n) is 6.68. The number of aliphatic hydroxyl groups is 1. The second-order valence-corrected chi connectivity index (χ2v) is 5.17. The first kappa shape index (κ1) is 14.5. The summed E-state index contributed by atoms with van der Waals surface area (Å²) in [5, 5.41) is 10.3. The summed E-state index contributed by atoms with van der Waals surface area (Å²) < 4.78 is 19.5. The molecule has 106 valence electrons. The van der Waals surface area contributed by atoms with E-state index in [1.807, 2.05) is 26.8 Å². The maximum atomic E-state index is 13.9. The third-order valence-electron chi connectivity index (χ3n) is 3.00. The molecule has 0 fully saturated rings. The second-order valence-electron chi connectivity index (χ2n) is 5.17. The number of aliphatic hydroxyl groups excluding tert-OH is 1. The molecule has 0 amide bonds. The van der Waals surface area contributed by atoms with Crippen LogP contribution in [0.25, 0.3) is 0 Å². The summed E-state index contributed by atoms with van der Waals surface area (Å²) in [6.07, 6.45) is -0.940. The monoisotopic (exact) mass is 274 g/mol. The van der Waals surface area contributed by atoms with Crippen LogP contribution in [0.4, 0.5) is 4.39 Å². The van der Waals surface area contributed by atoms with Crippen molar-refractivity contribution in [2.75, 3.05) is 0 Å². The van der Waals surface area contributed by atoms with Crippen molar-refractivity contribution < 1.29 is 14.2 Å². The quantitative estimate of drug-likeness (QED) is 0.913. The Balaban J connectivity index is 2.30. The van der Waals surface area contributed by atoms with E-state index in [2.05, 4.69) is 0 Å². The predicted molar refractivity (Wildman–Crippen MR) is 77.4 cm³/mol. The van der Waals surface area contributed by atoms with E-state index in [-0.39, 0.29) is 11.7 Å². The van der Waals surface area contributed by atoms with Crippen molar-refractivity contribution in [2.45, 2.75) is 33.0 Å². The molecule has 0 aliphatic rings. The van der Waals surface area contributed by atoms with E-state index in [1.165, 1.54) is 6.07 Å². The molecule has 0 aromatic heterocycles. The summed E-state index contributed by atoms with van der Waals surface area (Å²) in [4.78, 5) is 0. The van der Waals surface area contributed by atoms with Crippen molar-refractivity contribution in [3.63, 3.8) is 0 Å². The van der Waals surface area contributed by atoms with Crippen LogP contribution in [0.5, 0.6) is 5.75 Å². The molecule has 3 heteroatoms. The second kappa shape index (κ2) is 6.06. The molecule has 20 heavy (non-hydrogen) atoms. The molecule has 0 radical (unpaired) electrons. The average Bonchev–Trinajstić information content (AvgIpc) is 2.37. The van der Waals surface area contributed by atoms with Crippen molar-refractivity contribution in [2.24, 2.45) is 0 Å². The first-order chi connectivity index (χ1) is 9.47. The van der Waals surface area contributed by atoms with E-state index in [4.69, 9.17) is 4.74 Å². The summed E-state index contributed by atoms with van der Waals surface area (Å²) >= 11 is 0. The maximum absolute atomic E-state index is 13.9. The zero-order valence-electron chi connectivity index (χ0n) is 11.9. The molecule has 0 aliphatic carbocycles. The number of aryl methyl sites for hydroxylation is 1. The lowest BCUT2D eigenvalue weighted by Crippen LogP contribution is -2.07. The van der Waals surface area contributed by atoms with Crippen LogP contribution < -0.4 is 4.74 Å². The van der Waals surface area contributed by atoms with Gasteiger partial charge in [0.15, 0.2) is 0 Å². The minimum absolute atomic E-state index is 0.0542. The fourth-order valence-corrected chi connectivity index (χ4v) is 2.06. The molecule has 2 aromatic rings. The fourth-order valence-electron chi connectivity index (χ4n) is 2.06. The Morgan fingerprint density at radius 3 is 2.50 bits per heavy atom. The Labute approximate surface area is 118 Å². The highest BCUT2D eigenvalue weighted by molar-refractivity contribution is 5.36. The molecule has 0 saturated heterocycles. The standard InChI is InChI=1S/C17H19FO2/c1-11(2)20-14-6-4-5-13(10-14)17(19)15-8-7-12(3)9-16(15)18/h4-11,17,19H,1-3H3. The zero-order chi connectivity index (χ0) is 14.7. The first-order valence-corrected chi connectivity index (χ1v) is 6.68. The molecule has 0 spiro atoms. The van der Waals surface area contributed by atoms with Crippen LogP contribution in [0.15, 0.2) is 42.5 Å². The van der Waals surface area contributed by atoms with Crippen LogP contribution in [-0.4, -0.2) is 11.2 Å². The normalized spacial score (nSPS) is 12.5. The van der Waals surface area contributed by atoms with Gasteiger partial charge in [0, 0.05) is 5.56 Å². The third kappa shape index (κ3) is 3.36. The van der Waals surface area contributed by atoms with Gasteiger partial charge in [0.2, 0.25) is 0 Å². The van der Waals surface area contributed by atoms with Gasteiger partial charge in [0.05, 0.1) is 6.10 Å². The highest BCUT2D eigenvalue weighted by Gasteiger charge is 2.15. The lowest BCUT2D eigenvalue weighted by Gasteiger charge is -2.15. The number of hydrogen-bond acceptors (Lipinski definition) is 2. The van der Waals surface area contributed by atoms with Crippen LogP contribution in [0, 0.1) is 12.7 Å². The van der Waals surface area contributed by atoms with Crippen molar-refractivity contribution in [1.82, 2.24) is 0 Å². The molecular weight excluding hydrogens is 255 g/mol. The fraction of sp³-hybridized carbons (Fsp3) is 0.294. The van der Waals surface area contributed by atoms with Crippen LogP contribution in [-0.2, 0) is 0 Å². The van der Waals surface area contributed by atoms with Gasteiger partial charge in [-0.2, -0.15) is 0 Å². The van der Waals surface area contributed by atoms with Crippen LogP contribution in [0.3, 0.4) is 0 Å². The largest absolute Gasteiger partial charge is 0.491 e. The van der Waals surface area contributed by atoms with Gasteiger partial charge in [0.25, 0.3) is 0 Å². The van der Waals surface area contributed by atoms with Gasteiger partial charge < -0.3 is 9.84 Å². The van der Waals surface area contributed by atoms with Crippen LogP contribution in [0.2, 0.25) is 0 Å². The Bertz CT molecular complexity index is 593. The molecule has 1 N–H and O–H groups in total. The van der Waals surface area contributed by atoms with E-state index in [0.29, 0.717) is 11.3 Å². The van der Waals surface area contributed by atoms with E-state index >= 15 is 0 Å². The zero-order valence-corrected chi connectivity index (χ0v) is 11.9. The van der Waals surface area contributed by atoms with E-state index in [0.717, 1.165) is 5.56 Å². The van der Waals surface area contributed by atoms with Gasteiger partial charge in [0.1, 0.15) is 17.7 Å². The highest BCUT2D eigenvalue weighted by Crippen LogP contribution is 2.27. The van der Waals surface area contributed by atoms with Gasteiger partial charge in [-0.05, 0) is 50.1 Å². The Morgan fingerprint density at radius 2 is 1.85 bits per heavy atom. The number of hydrogen-bond donors (Lipinski definition) is 1. The van der Waals surface area contributed by atoms with Crippen molar-refractivity contribution >= 4 is 0 Å². The van der Waals surface area contributed by atoms with Crippen LogP contribution >= 0.6 is 0 Å². The van der Waals surface area contributed by atoms with Crippen LogP contribution in [0.1, 0.15) is 36.6 Å². The summed E-state index contributed by atoms with van der Waals surface area (Å²) in [6.45, 7) is 5.68. The Hall–Kier alpha value is -1.87. The van der Waals surface area contributed by atoms with Gasteiger partial charge in [-0.3, -0.25) is 0 Å². The summed E-state index contributed by atoms with van der Waals surface area (Å²) in [6, 6.07) is 11.9. The van der Waals surface area contributed by atoms with Crippen molar-refractivity contribution in [3.8, 4) is 5.75 Å². The molecule has 1 atom stereocenters. The summed E-state index contributed by atoms with van der Waals surface area (Å²) in [7, 11) is 0. The van der Waals surface area contributed by atoms with Gasteiger partial charge in [-0.1, -0.05) is 24.3 Å². The molecule has 0 bridgehead atoms. The molecule has 0 saturated carbocycles. The molecule has 2 nitrogen and oxygen atoms in total. The summed E-state index contributed by atoms with van der Waals surface area (Å²) in [5.41, 5.74) is 1.72. The molecule has 2 aromatic carbocycles. The van der Waals surface area contributed by atoms with Crippen molar-refractivity contribution in [1.29, 1.82) is 0 Å². The predicted octanol–water partition coefficient (Wildman–Crippen LogP) is 4.00. The van der Waals surface area contributed by atoms with Gasteiger partial charge in [-0.15, -0.1) is 0 Å². The molecule has 0 aliphatic heterocycles. The van der Waals surface area contributed by atoms with Crippen molar-refractivity contribution in [3.05, 3.63) is 65.0 Å². The lowest BCUT2D eigenvalue weighted by molar-refractivity contribution is 0.211. The SMILES string of the molecule is Cc1ccc(C(O)c2cccc(OC(C)C)c2)c(F)c1. The smallest absolute Gasteiger partial charge is 0.129 e. The number of ether oxygens (including phenoxy) is 1. The Kier molecular flexibility index (Phi) is 4.40. The molecule has 1 unspecified atom stereocenters. The minimum atomic E-state index is -0.994. The average molecular weight is 274 g/mol. The topological polar surface area (TPSA) is 29.5 Å². The lowest BCUT2D eigenvalue weighted by atomic mass is 10.00. The number of rotatable bonds is 4.